The number of carbonyl (C=O) groups is 1. The molecule has 182 valence electrons. The minimum atomic E-state index is -0.726. The van der Waals surface area contributed by atoms with Crippen LogP contribution in [-0.4, -0.2) is 21.0 Å². The van der Waals surface area contributed by atoms with E-state index in [2.05, 4.69) is 5.32 Å². The van der Waals surface area contributed by atoms with E-state index in [0.29, 0.717) is 44.3 Å². The van der Waals surface area contributed by atoms with E-state index in [4.69, 9.17) is 14.5 Å². The summed E-state index contributed by atoms with van der Waals surface area (Å²) in [7, 11) is 0. The van der Waals surface area contributed by atoms with E-state index < -0.39 is 11.1 Å². The van der Waals surface area contributed by atoms with Gasteiger partial charge in [-0.1, -0.05) is 72.4 Å². The van der Waals surface area contributed by atoms with E-state index in [0.717, 1.165) is 5.56 Å². The molecule has 2 aliphatic rings. The fourth-order valence-corrected chi connectivity index (χ4v) is 5.03. The number of carbonyl (C=O) groups excluding carboxylic acids is 1. The van der Waals surface area contributed by atoms with Crippen molar-refractivity contribution in [2.75, 3.05) is 0 Å². The lowest BCUT2D eigenvalue weighted by Gasteiger charge is -2.32. The Hall–Kier alpha value is -4.70. The third kappa shape index (κ3) is 4.38. The van der Waals surface area contributed by atoms with E-state index in [1.807, 2.05) is 54.6 Å². The van der Waals surface area contributed by atoms with Crippen LogP contribution in [0.2, 0.25) is 0 Å². The van der Waals surface area contributed by atoms with Crippen LogP contribution in [0.4, 0.5) is 5.69 Å². The summed E-state index contributed by atoms with van der Waals surface area (Å²) in [6, 6.07) is 27.0. The third-order valence-corrected chi connectivity index (χ3v) is 6.89. The molecule has 0 spiro atoms. The summed E-state index contributed by atoms with van der Waals surface area (Å²) >= 11 is 1.42. The van der Waals surface area contributed by atoms with Crippen molar-refractivity contribution < 1.29 is 14.1 Å². The van der Waals surface area contributed by atoms with Gasteiger partial charge in [0.2, 0.25) is 6.17 Å². The largest absolute Gasteiger partial charge is 0.457 e. The van der Waals surface area contributed by atoms with Crippen LogP contribution in [0.3, 0.4) is 0 Å². The third-order valence-electron chi connectivity index (χ3n) is 5.96. The number of fused-ring (bicyclic) bond motifs is 2. The van der Waals surface area contributed by atoms with Gasteiger partial charge in [0.1, 0.15) is 11.5 Å². The lowest BCUT2D eigenvalue weighted by atomic mass is 10.1. The van der Waals surface area contributed by atoms with Crippen molar-refractivity contribution in [3.8, 4) is 11.3 Å². The number of nitro groups is 1. The maximum Gasteiger partial charge on any atom is 0.276 e. The van der Waals surface area contributed by atoms with Crippen molar-refractivity contribution in [1.29, 1.82) is 0 Å². The summed E-state index contributed by atoms with van der Waals surface area (Å²) in [6.07, 6.45) is -0.726. The van der Waals surface area contributed by atoms with E-state index >= 15 is 0 Å². The highest BCUT2D eigenvalue weighted by molar-refractivity contribution is 8.13. The Bertz CT molecular complexity index is 1680. The Morgan fingerprint density at radius 1 is 1.00 bits per heavy atom. The number of nitrogens with one attached hydrogen (secondary N) is 1. The van der Waals surface area contributed by atoms with Crippen molar-refractivity contribution in [3.05, 3.63) is 123 Å². The number of furan rings is 1. The first-order valence-corrected chi connectivity index (χ1v) is 12.4. The average molecular weight is 510 g/mol. The van der Waals surface area contributed by atoms with Gasteiger partial charge < -0.3 is 4.42 Å². The first-order valence-electron chi connectivity index (χ1n) is 11.4. The number of benzene rings is 3. The van der Waals surface area contributed by atoms with Crippen LogP contribution in [0.1, 0.15) is 17.5 Å². The molecule has 3 aromatic carbocycles. The molecule has 0 bridgehead atoms. The second-order valence-electron chi connectivity index (χ2n) is 8.36. The fraction of sp³-hybridized carbons (Fsp3) is 0.0741. The molecule has 9 nitrogen and oxygen atoms in total. The van der Waals surface area contributed by atoms with Crippen LogP contribution < -0.4 is 15.9 Å². The quantitative estimate of drug-likeness (QED) is 0.322. The SMILES string of the molecule is O=C1NC(SCc2ccccc2)=NN2C1=c1ccccc1=NC2c1ccc(-c2cccc([N+](=O)[O-])c2)o1. The van der Waals surface area contributed by atoms with Gasteiger partial charge in [0.05, 0.1) is 10.3 Å². The van der Waals surface area contributed by atoms with Gasteiger partial charge in [0, 0.05) is 28.7 Å². The molecule has 1 unspecified atom stereocenters. The molecular weight excluding hydrogens is 490 g/mol. The Labute approximate surface area is 215 Å². The normalized spacial score (nSPS) is 16.3. The molecule has 0 fully saturated rings. The van der Waals surface area contributed by atoms with Crippen LogP contribution in [0.25, 0.3) is 17.0 Å². The molecular formula is C27H19N5O4S. The number of hydrogen-bond donors (Lipinski definition) is 1. The van der Waals surface area contributed by atoms with Gasteiger partial charge in [-0.15, -0.1) is 5.10 Å². The molecule has 1 aromatic heterocycles. The van der Waals surface area contributed by atoms with E-state index in [1.165, 1.54) is 23.9 Å². The lowest BCUT2D eigenvalue weighted by molar-refractivity contribution is -0.384. The zero-order valence-electron chi connectivity index (χ0n) is 19.3. The van der Waals surface area contributed by atoms with Gasteiger partial charge in [0.25, 0.3) is 11.6 Å². The Morgan fingerprint density at radius 2 is 1.81 bits per heavy atom. The number of hydrogen-bond acceptors (Lipinski definition) is 8. The van der Waals surface area contributed by atoms with Gasteiger partial charge in [0.15, 0.2) is 10.9 Å². The van der Waals surface area contributed by atoms with Crippen LogP contribution in [0, 0.1) is 10.1 Å². The number of rotatable bonds is 5. The first kappa shape index (κ1) is 22.7. The number of non-ortho nitro benzene ring substituents is 1. The molecule has 0 saturated heterocycles. The second kappa shape index (κ2) is 9.40. The fourth-order valence-electron chi connectivity index (χ4n) is 4.22. The van der Waals surface area contributed by atoms with Crippen molar-refractivity contribution in [3.63, 3.8) is 0 Å². The molecule has 0 aliphatic carbocycles. The summed E-state index contributed by atoms with van der Waals surface area (Å²) in [5, 5.41) is 22.2. The monoisotopic (exact) mass is 509 g/mol. The summed E-state index contributed by atoms with van der Waals surface area (Å²) < 4.78 is 6.13. The number of amidine groups is 1. The second-order valence-corrected chi connectivity index (χ2v) is 9.32. The highest BCUT2D eigenvalue weighted by Crippen LogP contribution is 2.34. The minimum Gasteiger partial charge on any atom is -0.457 e. The van der Waals surface area contributed by atoms with Crippen molar-refractivity contribution in [2.24, 2.45) is 10.1 Å². The predicted molar refractivity (Wildman–Crippen MR) is 139 cm³/mol. The number of hydrazone groups is 1. The first-order chi connectivity index (χ1) is 18.1. The topological polar surface area (TPSA) is 113 Å². The number of nitrogens with zero attached hydrogens (tertiary/aromatic N) is 4. The summed E-state index contributed by atoms with van der Waals surface area (Å²) in [5.74, 6) is 1.28. The molecule has 0 saturated carbocycles. The average Bonchev–Trinajstić information content (AvgIpc) is 3.42. The summed E-state index contributed by atoms with van der Waals surface area (Å²) in [4.78, 5) is 28.9. The van der Waals surface area contributed by atoms with E-state index in [1.54, 1.807) is 29.3 Å². The Morgan fingerprint density at radius 3 is 2.65 bits per heavy atom. The maximum atomic E-state index is 13.3. The molecule has 6 rings (SSSR count). The molecule has 2 aliphatic heterocycles. The van der Waals surface area contributed by atoms with Crippen LogP contribution in [0.5, 0.6) is 0 Å². The predicted octanol–water partition coefficient (Wildman–Crippen LogP) is 3.93. The molecule has 37 heavy (non-hydrogen) atoms. The molecule has 0 radical (unpaired) electrons. The molecule has 4 aromatic rings. The Kier molecular flexibility index (Phi) is 5.78. The zero-order chi connectivity index (χ0) is 25.4. The Balaban J connectivity index is 1.39. The molecule has 1 N–H and O–H groups in total. The summed E-state index contributed by atoms with van der Waals surface area (Å²) in [6.45, 7) is 0. The van der Waals surface area contributed by atoms with Crippen molar-refractivity contribution in [2.45, 2.75) is 11.9 Å². The molecule has 3 heterocycles. The smallest absolute Gasteiger partial charge is 0.276 e. The van der Waals surface area contributed by atoms with Gasteiger partial charge in [-0.25, -0.2) is 10.0 Å². The van der Waals surface area contributed by atoms with Crippen LogP contribution in [0.15, 0.2) is 106 Å². The number of nitro benzene ring substituents is 1. The van der Waals surface area contributed by atoms with Crippen molar-refractivity contribution in [1.82, 2.24) is 10.3 Å². The highest BCUT2D eigenvalue weighted by atomic mass is 32.2. The molecule has 1 atom stereocenters. The minimum absolute atomic E-state index is 0.0280. The van der Waals surface area contributed by atoms with Gasteiger partial charge in [-0.3, -0.25) is 20.2 Å². The van der Waals surface area contributed by atoms with Gasteiger partial charge in [-0.05, 0) is 23.8 Å². The van der Waals surface area contributed by atoms with Crippen molar-refractivity contribution >= 4 is 34.2 Å². The van der Waals surface area contributed by atoms with E-state index in [9.17, 15) is 14.9 Å². The van der Waals surface area contributed by atoms with Crippen LogP contribution >= 0.6 is 11.8 Å². The molecule has 1 amide bonds. The summed E-state index contributed by atoms with van der Waals surface area (Å²) in [5.41, 5.74) is 2.03. The number of amides is 1. The standard InChI is InChI=1S/C27H19N5O4S/c33-26-24-20-11-4-5-12-21(20)28-25(31(24)30-27(29-26)37-16-17-7-2-1-3-8-17)23-14-13-22(36-23)18-9-6-10-19(15-18)32(34)35/h1-15,25H,16H2,(H,29,30,33). The van der Waals surface area contributed by atoms with Gasteiger partial charge >= 0.3 is 0 Å². The maximum absolute atomic E-state index is 13.3. The van der Waals surface area contributed by atoms with E-state index in [-0.39, 0.29) is 11.6 Å². The highest BCUT2D eigenvalue weighted by Gasteiger charge is 2.36. The van der Waals surface area contributed by atoms with Gasteiger partial charge in [-0.2, -0.15) is 0 Å². The zero-order valence-corrected chi connectivity index (χ0v) is 20.1. The number of para-hydroxylation sites is 1. The molecule has 10 heteroatoms. The lowest BCUT2D eigenvalue weighted by Crippen LogP contribution is -2.50. The van der Waals surface area contributed by atoms with Crippen LogP contribution in [-0.2, 0) is 10.5 Å². The number of thioether (sulfide) groups is 1.